The van der Waals surface area contributed by atoms with Gasteiger partial charge in [-0.3, -0.25) is 15.0 Å². The molecule has 0 fully saturated rings. The molecule has 0 aliphatic carbocycles. The van der Waals surface area contributed by atoms with Crippen LogP contribution in [0.25, 0.3) is 67.0 Å². The van der Waals surface area contributed by atoms with Crippen molar-refractivity contribution in [2.45, 2.75) is 0 Å². The fourth-order valence-electron chi connectivity index (χ4n) is 5.33. The van der Waals surface area contributed by atoms with Crippen LogP contribution < -0.4 is 0 Å². The van der Waals surface area contributed by atoms with Crippen LogP contribution in [0.3, 0.4) is 0 Å². The first-order chi connectivity index (χ1) is 20.8. The van der Waals surface area contributed by atoms with Gasteiger partial charge in [0.1, 0.15) is 0 Å². The van der Waals surface area contributed by atoms with E-state index in [0.29, 0.717) is 0 Å². The van der Waals surface area contributed by atoms with Gasteiger partial charge in [0, 0.05) is 35.9 Å². The van der Waals surface area contributed by atoms with Crippen molar-refractivity contribution in [1.82, 2.24) is 15.0 Å². The Labute approximate surface area is 245 Å². The van der Waals surface area contributed by atoms with E-state index in [1.165, 1.54) is 0 Å². The van der Waals surface area contributed by atoms with Crippen LogP contribution in [0.15, 0.2) is 164 Å². The molecule has 7 rings (SSSR count). The van der Waals surface area contributed by atoms with Crippen LogP contribution in [0.5, 0.6) is 0 Å². The molecule has 7 aromatic rings. The predicted octanol–water partition coefficient (Wildman–Crippen LogP) is 9.87. The third-order valence-electron chi connectivity index (χ3n) is 7.46. The maximum Gasteiger partial charge on any atom is 0.0702 e. The molecule has 0 bridgehead atoms. The van der Waals surface area contributed by atoms with Crippen molar-refractivity contribution < 1.29 is 0 Å². The largest absolute Gasteiger partial charge is 0.265 e. The molecule has 0 unspecified atom stereocenters. The molecule has 0 aliphatic heterocycles. The van der Waals surface area contributed by atoms with Gasteiger partial charge in [-0.1, -0.05) is 66.7 Å². The molecular weight excluding hydrogens is 510 g/mol. The summed E-state index contributed by atoms with van der Waals surface area (Å²) in [6, 6.07) is 49.0. The van der Waals surface area contributed by atoms with Crippen LogP contribution in [0.4, 0.5) is 0 Å². The van der Waals surface area contributed by atoms with Gasteiger partial charge in [0.05, 0.1) is 11.4 Å². The Morgan fingerprint density at radius 2 is 0.643 bits per heavy atom. The summed E-state index contributed by atoms with van der Waals surface area (Å²) in [6.45, 7) is 0. The van der Waals surface area contributed by atoms with E-state index in [-0.39, 0.29) is 0 Å². The molecule has 0 radical (unpaired) electrons. The smallest absolute Gasteiger partial charge is 0.0702 e. The topological polar surface area (TPSA) is 38.7 Å². The zero-order chi connectivity index (χ0) is 28.1. The molecule has 198 valence electrons. The summed E-state index contributed by atoms with van der Waals surface area (Å²) in [6.07, 6.45) is 7.35. The summed E-state index contributed by atoms with van der Waals surface area (Å²) in [5, 5.41) is 0. The van der Waals surface area contributed by atoms with Gasteiger partial charge in [0.2, 0.25) is 0 Å². The SMILES string of the molecule is c1ccc(-c2cccc(-c3cc(-c4cccc(-c5ccncc5)c4)cc(-c4cccc(-c5ccccn5)c4)c3)c2)nc1. The third kappa shape index (κ3) is 5.36. The van der Waals surface area contributed by atoms with E-state index in [1.807, 2.05) is 61.2 Å². The van der Waals surface area contributed by atoms with E-state index in [2.05, 4.69) is 118 Å². The van der Waals surface area contributed by atoms with Gasteiger partial charge in [-0.15, -0.1) is 0 Å². The van der Waals surface area contributed by atoms with Crippen molar-refractivity contribution in [3.05, 3.63) is 164 Å². The highest BCUT2D eigenvalue weighted by Crippen LogP contribution is 2.36. The number of nitrogens with zero attached hydrogens (tertiary/aromatic N) is 3. The van der Waals surface area contributed by atoms with Crippen molar-refractivity contribution in [1.29, 1.82) is 0 Å². The van der Waals surface area contributed by atoms with Crippen molar-refractivity contribution >= 4 is 0 Å². The van der Waals surface area contributed by atoms with Crippen LogP contribution in [0.1, 0.15) is 0 Å². The van der Waals surface area contributed by atoms with Gasteiger partial charge in [0.25, 0.3) is 0 Å². The molecule has 0 aliphatic rings. The molecule has 3 nitrogen and oxygen atoms in total. The van der Waals surface area contributed by atoms with Gasteiger partial charge in [-0.05, 0) is 117 Å². The van der Waals surface area contributed by atoms with Gasteiger partial charge in [-0.2, -0.15) is 0 Å². The third-order valence-corrected chi connectivity index (χ3v) is 7.46. The lowest BCUT2D eigenvalue weighted by molar-refractivity contribution is 1.33. The lowest BCUT2D eigenvalue weighted by atomic mass is 9.91. The second-order valence-electron chi connectivity index (χ2n) is 10.2. The van der Waals surface area contributed by atoms with Gasteiger partial charge < -0.3 is 0 Å². The normalized spacial score (nSPS) is 10.9. The van der Waals surface area contributed by atoms with Crippen LogP contribution in [0.2, 0.25) is 0 Å². The number of benzene rings is 4. The van der Waals surface area contributed by atoms with Crippen LogP contribution in [-0.4, -0.2) is 15.0 Å². The average Bonchev–Trinajstić information content (AvgIpc) is 3.09. The zero-order valence-corrected chi connectivity index (χ0v) is 22.9. The molecule has 3 aromatic heterocycles. The summed E-state index contributed by atoms with van der Waals surface area (Å²) in [4.78, 5) is 13.4. The summed E-state index contributed by atoms with van der Waals surface area (Å²) in [5.41, 5.74) is 13.3. The summed E-state index contributed by atoms with van der Waals surface area (Å²) < 4.78 is 0. The quantitative estimate of drug-likeness (QED) is 0.212. The second kappa shape index (κ2) is 11.4. The molecule has 0 amide bonds. The molecule has 3 heterocycles. The first kappa shape index (κ1) is 25.3. The Morgan fingerprint density at radius 3 is 1.07 bits per heavy atom. The van der Waals surface area contributed by atoms with Crippen molar-refractivity contribution in [3.63, 3.8) is 0 Å². The summed E-state index contributed by atoms with van der Waals surface area (Å²) in [5.74, 6) is 0. The maximum absolute atomic E-state index is 4.58. The second-order valence-corrected chi connectivity index (χ2v) is 10.2. The first-order valence-electron chi connectivity index (χ1n) is 14.0. The first-order valence-corrected chi connectivity index (χ1v) is 14.0. The minimum absolute atomic E-state index is 0.962. The molecule has 0 N–H and O–H groups in total. The number of hydrogen-bond donors (Lipinski definition) is 0. The lowest BCUT2D eigenvalue weighted by Gasteiger charge is -2.14. The highest BCUT2D eigenvalue weighted by Gasteiger charge is 2.11. The van der Waals surface area contributed by atoms with Crippen molar-refractivity contribution in [3.8, 4) is 67.0 Å². The highest BCUT2D eigenvalue weighted by molar-refractivity contribution is 5.84. The Morgan fingerprint density at radius 1 is 0.262 bits per heavy atom. The average molecular weight is 538 g/mol. The molecule has 0 saturated carbocycles. The van der Waals surface area contributed by atoms with E-state index < -0.39 is 0 Å². The minimum Gasteiger partial charge on any atom is -0.265 e. The standard InChI is InChI=1S/C39H27N3/c1-3-18-41-38(14-1)33-12-6-10-31(23-33)36-25-35(30-9-5-8-29(22-30)28-16-20-40-21-17-28)26-37(27-36)32-11-7-13-34(24-32)39-15-2-4-19-42-39/h1-27H. The molecule has 0 spiro atoms. The lowest BCUT2D eigenvalue weighted by Crippen LogP contribution is -1.89. The summed E-state index contributed by atoms with van der Waals surface area (Å²) in [7, 11) is 0. The number of aromatic nitrogens is 3. The van der Waals surface area contributed by atoms with Crippen LogP contribution in [0, 0.1) is 0 Å². The van der Waals surface area contributed by atoms with E-state index in [1.54, 1.807) is 0 Å². The number of pyridine rings is 3. The Balaban J connectivity index is 1.38. The summed E-state index contributed by atoms with van der Waals surface area (Å²) >= 11 is 0. The molecular formula is C39H27N3. The molecule has 3 heteroatoms. The van der Waals surface area contributed by atoms with E-state index in [0.717, 1.165) is 67.0 Å². The van der Waals surface area contributed by atoms with Crippen LogP contribution >= 0.6 is 0 Å². The highest BCUT2D eigenvalue weighted by atomic mass is 14.7. The van der Waals surface area contributed by atoms with E-state index in [4.69, 9.17) is 0 Å². The molecule has 0 saturated heterocycles. The fourth-order valence-corrected chi connectivity index (χ4v) is 5.33. The fraction of sp³-hybridized carbons (Fsp3) is 0. The number of hydrogen-bond acceptors (Lipinski definition) is 3. The van der Waals surface area contributed by atoms with Crippen LogP contribution in [-0.2, 0) is 0 Å². The molecule has 42 heavy (non-hydrogen) atoms. The Bertz CT molecular complexity index is 1720. The van der Waals surface area contributed by atoms with Crippen molar-refractivity contribution in [2.75, 3.05) is 0 Å². The Kier molecular flexibility index (Phi) is 6.89. The zero-order valence-electron chi connectivity index (χ0n) is 22.9. The minimum atomic E-state index is 0.962. The van der Waals surface area contributed by atoms with E-state index in [9.17, 15) is 0 Å². The van der Waals surface area contributed by atoms with E-state index >= 15 is 0 Å². The van der Waals surface area contributed by atoms with Crippen molar-refractivity contribution in [2.24, 2.45) is 0 Å². The molecule has 4 aromatic carbocycles. The monoisotopic (exact) mass is 537 g/mol. The predicted molar refractivity (Wildman–Crippen MR) is 172 cm³/mol. The van der Waals surface area contributed by atoms with Gasteiger partial charge in [-0.25, -0.2) is 0 Å². The Hall–Kier alpha value is -5.67. The maximum atomic E-state index is 4.58. The molecule has 0 atom stereocenters. The number of rotatable bonds is 6. The van der Waals surface area contributed by atoms with Gasteiger partial charge in [0.15, 0.2) is 0 Å². The van der Waals surface area contributed by atoms with Gasteiger partial charge >= 0.3 is 0 Å².